The van der Waals surface area contributed by atoms with Crippen molar-refractivity contribution < 1.29 is 9.90 Å². The van der Waals surface area contributed by atoms with Gasteiger partial charge in [-0.15, -0.1) is 5.10 Å². The highest BCUT2D eigenvalue weighted by atomic mass is 79.9. The fourth-order valence-corrected chi connectivity index (χ4v) is 2.68. The van der Waals surface area contributed by atoms with Gasteiger partial charge in [-0.25, -0.2) is 4.68 Å². The maximum Gasteiger partial charge on any atom is 0.305 e. The smallest absolute Gasteiger partial charge is 0.305 e. The van der Waals surface area contributed by atoms with Crippen molar-refractivity contribution in [2.75, 3.05) is 0 Å². The van der Waals surface area contributed by atoms with Gasteiger partial charge in [0.2, 0.25) is 0 Å². The minimum Gasteiger partial charge on any atom is -0.481 e. The molecule has 0 radical (unpaired) electrons. The van der Waals surface area contributed by atoms with E-state index >= 15 is 0 Å². The summed E-state index contributed by atoms with van der Waals surface area (Å²) in [6.45, 7) is 3.99. The summed E-state index contributed by atoms with van der Waals surface area (Å²) in [4.78, 5) is 11.1. The van der Waals surface area contributed by atoms with Crippen LogP contribution in [-0.2, 0) is 4.79 Å². The van der Waals surface area contributed by atoms with Crippen molar-refractivity contribution in [1.29, 1.82) is 0 Å². The van der Waals surface area contributed by atoms with Crippen LogP contribution in [0.5, 0.6) is 0 Å². The highest BCUT2D eigenvalue weighted by Gasteiger charge is 2.21. The number of carboxylic acids is 1. The minimum absolute atomic E-state index is 0.0128. The number of carbonyl (C=O) groups is 1. The Labute approximate surface area is 131 Å². The van der Waals surface area contributed by atoms with E-state index in [0.717, 1.165) is 28.4 Å². The number of nitrogens with zero attached hydrogens (tertiary/aromatic N) is 4. The molecule has 0 saturated carbocycles. The largest absolute Gasteiger partial charge is 0.481 e. The zero-order chi connectivity index (χ0) is 15.4. The molecular formula is C14H17BrN4O2. The Morgan fingerprint density at radius 3 is 2.90 bits per heavy atom. The zero-order valence-corrected chi connectivity index (χ0v) is 13.5. The summed E-state index contributed by atoms with van der Waals surface area (Å²) < 4.78 is 2.60. The number of hydrogen-bond donors (Lipinski definition) is 1. The lowest BCUT2D eigenvalue weighted by Crippen LogP contribution is -2.16. The molecule has 0 aliphatic rings. The Balaban J connectivity index is 2.45. The maximum absolute atomic E-state index is 11.1. The molecule has 6 nitrogen and oxygen atoms in total. The van der Waals surface area contributed by atoms with Crippen molar-refractivity contribution in [3.63, 3.8) is 0 Å². The van der Waals surface area contributed by atoms with Crippen molar-refractivity contribution in [3.05, 3.63) is 28.2 Å². The minimum atomic E-state index is -0.846. The van der Waals surface area contributed by atoms with Crippen molar-refractivity contribution in [3.8, 4) is 11.4 Å². The van der Waals surface area contributed by atoms with Gasteiger partial charge in [0.1, 0.15) is 0 Å². The summed E-state index contributed by atoms with van der Waals surface area (Å²) >= 11 is 3.49. The topological polar surface area (TPSA) is 80.9 Å². The summed E-state index contributed by atoms with van der Waals surface area (Å²) in [5.74, 6) is -0.241. The van der Waals surface area contributed by atoms with Crippen LogP contribution >= 0.6 is 15.9 Å². The van der Waals surface area contributed by atoms with Gasteiger partial charge in [0.25, 0.3) is 0 Å². The van der Waals surface area contributed by atoms with E-state index in [1.54, 1.807) is 4.68 Å². The lowest BCUT2D eigenvalue weighted by Gasteiger charge is -2.16. The third kappa shape index (κ3) is 3.47. The van der Waals surface area contributed by atoms with Gasteiger partial charge in [-0.2, -0.15) is 0 Å². The highest BCUT2D eigenvalue weighted by Crippen LogP contribution is 2.29. The Hall–Kier alpha value is -1.76. The molecule has 2 rings (SSSR count). The third-order valence-electron chi connectivity index (χ3n) is 3.38. The summed E-state index contributed by atoms with van der Waals surface area (Å²) in [6.07, 6.45) is 1.60. The number of tetrazole rings is 1. The quantitative estimate of drug-likeness (QED) is 0.862. The second-order valence-corrected chi connectivity index (χ2v) is 5.75. The normalized spacial score (nSPS) is 12.3. The summed E-state index contributed by atoms with van der Waals surface area (Å²) in [6, 6.07) is 5.56. The van der Waals surface area contributed by atoms with E-state index in [1.165, 1.54) is 0 Å². The SMILES string of the molecule is CCCC(CC(=O)O)n1nnnc1-c1cccc(Br)c1C. The first-order chi connectivity index (χ1) is 10.0. The molecule has 0 aliphatic carbocycles. The fraction of sp³-hybridized carbons (Fsp3) is 0.429. The van der Waals surface area contributed by atoms with E-state index in [4.69, 9.17) is 5.11 Å². The summed E-state index contributed by atoms with van der Waals surface area (Å²) in [7, 11) is 0. The van der Waals surface area contributed by atoms with Crippen LogP contribution in [0.2, 0.25) is 0 Å². The Bertz CT molecular complexity index is 642. The van der Waals surface area contributed by atoms with E-state index in [9.17, 15) is 4.79 Å². The van der Waals surface area contributed by atoms with Crippen LogP contribution in [-0.4, -0.2) is 31.3 Å². The van der Waals surface area contributed by atoms with Crippen LogP contribution in [0.15, 0.2) is 22.7 Å². The van der Waals surface area contributed by atoms with E-state index in [0.29, 0.717) is 5.82 Å². The molecule has 1 unspecified atom stereocenters. The predicted octanol–water partition coefficient (Wildman–Crippen LogP) is 3.23. The average Bonchev–Trinajstić information content (AvgIpc) is 2.90. The van der Waals surface area contributed by atoms with Crippen LogP contribution in [0.4, 0.5) is 0 Å². The lowest BCUT2D eigenvalue weighted by molar-refractivity contribution is -0.138. The molecule has 2 aromatic rings. The molecule has 1 heterocycles. The molecule has 0 fully saturated rings. The first-order valence-electron chi connectivity index (χ1n) is 6.79. The standard InChI is InChI=1S/C14H17BrN4O2/c1-3-5-10(8-13(20)21)19-14(16-17-18-19)11-6-4-7-12(15)9(11)2/h4,6-7,10H,3,5,8H2,1-2H3,(H,20,21). The van der Waals surface area contributed by atoms with Gasteiger partial charge < -0.3 is 5.11 Å². The molecule has 0 spiro atoms. The second-order valence-electron chi connectivity index (χ2n) is 4.90. The zero-order valence-electron chi connectivity index (χ0n) is 12.0. The first-order valence-corrected chi connectivity index (χ1v) is 7.59. The van der Waals surface area contributed by atoms with Crippen molar-refractivity contribution in [2.45, 2.75) is 39.2 Å². The number of hydrogen-bond acceptors (Lipinski definition) is 4. The molecule has 0 amide bonds. The molecule has 1 N–H and O–H groups in total. The molecule has 21 heavy (non-hydrogen) atoms. The van der Waals surface area contributed by atoms with Crippen LogP contribution < -0.4 is 0 Å². The fourth-order valence-electron chi connectivity index (χ4n) is 2.31. The number of benzene rings is 1. The van der Waals surface area contributed by atoms with Crippen molar-refractivity contribution >= 4 is 21.9 Å². The number of halogens is 1. The van der Waals surface area contributed by atoms with E-state index in [-0.39, 0.29) is 12.5 Å². The second kappa shape index (κ2) is 6.80. The van der Waals surface area contributed by atoms with Gasteiger partial charge in [-0.3, -0.25) is 4.79 Å². The van der Waals surface area contributed by atoms with Crippen LogP contribution in [0.1, 0.15) is 37.8 Å². The maximum atomic E-state index is 11.1. The highest BCUT2D eigenvalue weighted by molar-refractivity contribution is 9.10. The molecule has 1 aromatic heterocycles. The first kappa shape index (κ1) is 15.6. The molecule has 1 aromatic carbocycles. The molecule has 0 bridgehead atoms. The summed E-state index contributed by atoms with van der Waals surface area (Å²) in [5, 5.41) is 20.9. The van der Waals surface area contributed by atoms with Gasteiger partial charge in [0.15, 0.2) is 5.82 Å². The number of aromatic nitrogens is 4. The van der Waals surface area contributed by atoms with E-state index in [2.05, 4.69) is 31.5 Å². The molecule has 112 valence electrons. The monoisotopic (exact) mass is 352 g/mol. The number of aliphatic carboxylic acids is 1. The lowest BCUT2D eigenvalue weighted by atomic mass is 10.1. The predicted molar refractivity (Wildman–Crippen MR) is 81.9 cm³/mol. The molecule has 0 aliphatic heterocycles. The molecule has 0 saturated heterocycles. The Morgan fingerprint density at radius 2 is 2.24 bits per heavy atom. The van der Waals surface area contributed by atoms with Crippen LogP contribution in [0.25, 0.3) is 11.4 Å². The van der Waals surface area contributed by atoms with Gasteiger partial charge in [0, 0.05) is 10.0 Å². The van der Waals surface area contributed by atoms with Crippen LogP contribution in [0, 0.1) is 6.92 Å². The molecule has 1 atom stereocenters. The Morgan fingerprint density at radius 1 is 1.48 bits per heavy atom. The van der Waals surface area contributed by atoms with Crippen LogP contribution in [0.3, 0.4) is 0 Å². The number of rotatable bonds is 6. The van der Waals surface area contributed by atoms with Crippen molar-refractivity contribution in [1.82, 2.24) is 20.2 Å². The van der Waals surface area contributed by atoms with Gasteiger partial charge in [0.05, 0.1) is 12.5 Å². The third-order valence-corrected chi connectivity index (χ3v) is 4.24. The van der Waals surface area contributed by atoms with E-state index in [1.807, 2.05) is 32.0 Å². The Kier molecular flexibility index (Phi) is 5.06. The van der Waals surface area contributed by atoms with Crippen molar-refractivity contribution in [2.24, 2.45) is 0 Å². The number of carboxylic acid groups (broad SMARTS) is 1. The van der Waals surface area contributed by atoms with Gasteiger partial charge in [-0.05, 0) is 35.4 Å². The molecular weight excluding hydrogens is 336 g/mol. The summed E-state index contributed by atoms with van der Waals surface area (Å²) in [5.41, 5.74) is 1.93. The molecule has 7 heteroatoms. The van der Waals surface area contributed by atoms with Gasteiger partial charge in [-0.1, -0.05) is 41.4 Å². The van der Waals surface area contributed by atoms with Gasteiger partial charge >= 0.3 is 5.97 Å². The van der Waals surface area contributed by atoms with E-state index < -0.39 is 5.97 Å². The average molecular weight is 353 g/mol.